The molecule has 1 atom stereocenters. The molecular formula is C30H32OS2Sn2. The van der Waals surface area contributed by atoms with E-state index in [1.807, 2.05) is 29.5 Å². The van der Waals surface area contributed by atoms with Crippen molar-refractivity contribution in [3.05, 3.63) is 84.9 Å². The summed E-state index contributed by atoms with van der Waals surface area (Å²) in [6.07, 6.45) is 0. The Kier molecular flexibility index (Phi) is 7.01. The molecule has 0 aliphatic carbocycles. The van der Waals surface area contributed by atoms with Gasteiger partial charge < -0.3 is 0 Å². The molecule has 1 nitrogen and oxygen atoms in total. The van der Waals surface area contributed by atoms with Gasteiger partial charge in [0.1, 0.15) is 0 Å². The molecule has 0 saturated carbocycles. The Morgan fingerprint density at radius 2 is 1.14 bits per heavy atom. The molecular weight excluding hydrogens is 678 g/mol. The molecule has 1 aromatic heterocycles. The third kappa shape index (κ3) is 5.03. The monoisotopic (exact) mass is 712 g/mol. The molecule has 1 aliphatic rings. The van der Waals surface area contributed by atoms with Crippen LogP contribution in [-0.4, -0.2) is 41.0 Å². The minimum atomic E-state index is -2.05. The van der Waals surface area contributed by atoms with Crippen molar-refractivity contribution in [1.82, 2.24) is 0 Å². The fourth-order valence-electron chi connectivity index (χ4n) is 4.53. The van der Waals surface area contributed by atoms with Gasteiger partial charge in [-0.1, -0.05) is 0 Å². The summed E-state index contributed by atoms with van der Waals surface area (Å²) in [6.45, 7) is 0. The summed E-state index contributed by atoms with van der Waals surface area (Å²) in [7, 11) is -0.984. The maximum atomic E-state index is 12.4. The summed E-state index contributed by atoms with van der Waals surface area (Å²) in [5, 5.41) is 2.87. The first-order chi connectivity index (χ1) is 16.5. The Morgan fingerprint density at radius 3 is 1.89 bits per heavy atom. The van der Waals surface area contributed by atoms with Crippen molar-refractivity contribution in [3.63, 3.8) is 0 Å². The van der Waals surface area contributed by atoms with E-state index in [-0.39, 0.29) is 0 Å². The van der Waals surface area contributed by atoms with Gasteiger partial charge in [0.2, 0.25) is 0 Å². The van der Waals surface area contributed by atoms with Gasteiger partial charge in [-0.15, -0.1) is 0 Å². The van der Waals surface area contributed by atoms with Crippen molar-refractivity contribution in [2.45, 2.75) is 39.4 Å². The molecule has 0 N–H and O–H groups in total. The number of rotatable bonds is 2. The van der Waals surface area contributed by atoms with Gasteiger partial charge >= 0.3 is 226 Å². The van der Waals surface area contributed by atoms with Crippen LogP contribution in [0.1, 0.15) is 0 Å². The molecule has 0 radical (unpaired) electrons. The van der Waals surface area contributed by atoms with Crippen molar-refractivity contribution < 1.29 is 4.21 Å². The summed E-state index contributed by atoms with van der Waals surface area (Å²) in [6, 6.07) is 30.5. The van der Waals surface area contributed by atoms with E-state index in [4.69, 9.17) is 0 Å². The Bertz CT molecular complexity index is 1590. The van der Waals surface area contributed by atoms with Gasteiger partial charge in [0.25, 0.3) is 0 Å². The standard InChI is InChI=1S/C12H7OS.C12H7S.6CH3.2Sn/c13-14-11-7-3-1-5-9(11)10-6-2-4-8-12(10)14;1-3-7-11-9(5-1)10-6-2-4-8-12(10)13-11;;;;;;;;/h1,3-8H;1,3-8H;6*1H3;;. The third-order valence-corrected chi connectivity index (χ3v) is 21.0. The van der Waals surface area contributed by atoms with Crippen LogP contribution < -0.4 is 7.16 Å². The van der Waals surface area contributed by atoms with Gasteiger partial charge in [-0.25, -0.2) is 0 Å². The van der Waals surface area contributed by atoms with E-state index < -0.39 is 47.6 Å². The number of fused-ring (bicyclic) bond motifs is 6. The maximum absolute atomic E-state index is 12.4. The van der Waals surface area contributed by atoms with Gasteiger partial charge in [0.15, 0.2) is 0 Å². The first-order valence-corrected chi connectivity index (χ1v) is 34.1. The van der Waals surface area contributed by atoms with Gasteiger partial charge in [0.05, 0.1) is 0 Å². The fourth-order valence-corrected chi connectivity index (χ4v) is 13.6. The van der Waals surface area contributed by atoms with Crippen molar-refractivity contribution in [1.29, 1.82) is 0 Å². The van der Waals surface area contributed by atoms with E-state index in [1.165, 1.54) is 29.3 Å². The average molecular weight is 710 g/mol. The summed E-state index contributed by atoms with van der Waals surface area (Å²) in [5.74, 6) is 0. The predicted molar refractivity (Wildman–Crippen MR) is 162 cm³/mol. The van der Waals surface area contributed by atoms with Crippen LogP contribution in [0.5, 0.6) is 0 Å². The molecule has 6 rings (SSSR count). The molecule has 5 heteroatoms. The molecule has 0 amide bonds. The van der Waals surface area contributed by atoms with E-state index in [0.29, 0.717) is 0 Å². The molecule has 0 bridgehead atoms. The number of thiophene rings is 1. The van der Waals surface area contributed by atoms with Crippen LogP contribution in [0.3, 0.4) is 0 Å². The predicted octanol–water partition coefficient (Wildman–Crippen LogP) is 7.98. The Balaban J connectivity index is 0.000000145. The summed E-state index contributed by atoms with van der Waals surface area (Å²) >= 11 is -2.09. The SMILES string of the molecule is [CH3][Sn]([CH3])([CH3])[c]1ccc2c(c1)-c1ccccc1S2=O.[CH3][Sn]([CH3])([CH3])[c]1ccc2sc3ccccc3c2c1. The molecule has 5 aromatic rings. The van der Waals surface area contributed by atoms with E-state index in [2.05, 4.69) is 96.4 Å². The zero-order valence-corrected chi connectivity index (χ0v) is 28.6. The number of hydrogen-bond acceptors (Lipinski definition) is 2. The van der Waals surface area contributed by atoms with Crippen LogP contribution in [0.4, 0.5) is 0 Å². The van der Waals surface area contributed by atoms with E-state index in [1.54, 1.807) is 3.58 Å². The zero-order chi connectivity index (χ0) is 25.0. The normalized spacial score (nSPS) is 15.0. The molecule has 0 spiro atoms. The summed E-state index contributed by atoms with van der Waals surface area (Å²) in [5.41, 5.74) is 2.34. The Morgan fingerprint density at radius 1 is 0.571 bits per heavy atom. The topological polar surface area (TPSA) is 17.1 Å². The fraction of sp³-hybridized carbons (Fsp3) is 0.200. The number of hydrogen-bond donors (Lipinski definition) is 0. The molecule has 178 valence electrons. The van der Waals surface area contributed by atoms with Crippen molar-refractivity contribution in [2.75, 3.05) is 0 Å². The quantitative estimate of drug-likeness (QED) is 0.167. The zero-order valence-electron chi connectivity index (χ0n) is 21.3. The van der Waals surface area contributed by atoms with Crippen LogP contribution in [0.15, 0.2) is 94.7 Å². The van der Waals surface area contributed by atoms with Crippen molar-refractivity contribution in [3.8, 4) is 11.1 Å². The summed E-state index contributed by atoms with van der Waals surface area (Å²) in [4.78, 5) is 16.6. The van der Waals surface area contributed by atoms with E-state index in [9.17, 15) is 4.21 Å². The van der Waals surface area contributed by atoms with E-state index in [0.717, 1.165) is 15.4 Å². The molecule has 2 heterocycles. The van der Waals surface area contributed by atoms with Crippen LogP contribution >= 0.6 is 11.3 Å². The third-order valence-electron chi connectivity index (χ3n) is 6.67. The average Bonchev–Trinajstić information content (AvgIpc) is 3.33. The first-order valence-electron chi connectivity index (χ1n) is 12.1. The van der Waals surface area contributed by atoms with Gasteiger partial charge in [-0.3, -0.25) is 0 Å². The first kappa shape index (κ1) is 25.5. The van der Waals surface area contributed by atoms with Crippen LogP contribution in [0.25, 0.3) is 31.3 Å². The molecule has 35 heavy (non-hydrogen) atoms. The van der Waals surface area contributed by atoms with E-state index >= 15 is 0 Å². The van der Waals surface area contributed by atoms with Gasteiger partial charge in [0, 0.05) is 0 Å². The molecule has 0 saturated heterocycles. The van der Waals surface area contributed by atoms with Gasteiger partial charge in [-0.2, -0.15) is 0 Å². The van der Waals surface area contributed by atoms with Gasteiger partial charge in [-0.05, 0) is 0 Å². The Labute approximate surface area is 223 Å². The molecule has 1 aliphatic heterocycles. The number of benzene rings is 4. The second kappa shape index (κ2) is 9.62. The van der Waals surface area contributed by atoms with Crippen LogP contribution in [-0.2, 0) is 10.8 Å². The second-order valence-electron chi connectivity index (χ2n) is 11.3. The Hall–Kier alpha value is -1.15. The molecule has 0 fully saturated rings. The second-order valence-corrected chi connectivity index (χ2v) is 42.8. The molecule has 4 aromatic carbocycles. The van der Waals surface area contributed by atoms with Crippen LogP contribution in [0, 0.1) is 0 Å². The molecule has 1 unspecified atom stereocenters. The summed E-state index contributed by atoms with van der Waals surface area (Å²) < 4.78 is 18.3. The van der Waals surface area contributed by atoms with Crippen molar-refractivity contribution in [2.24, 2.45) is 0 Å². The van der Waals surface area contributed by atoms with Crippen molar-refractivity contribution >= 4 is 86.2 Å². The van der Waals surface area contributed by atoms with Crippen LogP contribution in [0.2, 0.25) is 29.6 Å². The minimum absolute atomic E-state index is 0.966.